The van der Waals surface area contributed by atoms with E-state index in [0.717, 1.165) is 16.4 Å². The van der Waals surface area contributed by atoms with Gasteiger partial charge in [0, 0.05) is 5.56 Å². The summed E-state index contributed by atoms with van der Waals surface area (Å²) in [6.07, 6.45) is 0.910. The molecule has 0 fully saturated rings. The van der Waals surface area contributed by atoms with Crippen LogP contribution in [0.5, 0.6) is 5.75 Å². The van der Waals surface area contributed by atoms with Crippen molar-refractivity contribution in [1.82, 2.24) is 0 Å². The lowest BCUT2D eigenvalue weighted by molar-refractivity contribution is 0.129. The van der Waals surface area contributed by atoms with E-state index in [0.29, 0.717) is 0 Å². The summed E-state index contributed by atoms with van der Waals surface area (Å²) in [7, 11) is -1.96. The van der Waals surface area contributed by atoms with Gasteiger partial charge in [0.2, 0.25) is 0 Å². The molecule has 4 aromatic rings. The quantitative estimate of drug-likeness (QED) is 0.254. The van der Waals surface area contributed by atoms with Gasteiger partial charge in [0.05, 0.1) is 10.6 Å². The SMILES string of the molecule is CC(C)(C)Oc1cccc(C[P+](c2ccccc2)(c2ccccc2)c2ccccc2)c1Br. The van der Waals surface area contributed by atoms with Gasteiger partial charge in [-0.1, -0.05) is 66.7 Å². The number of ether oxygens (including phenoxy) is 1. The molecule has 0 aliphatic rings. The van der Waals surface area contributed by atoms with Crippen LogP contribution in [0, 0.1) is 0 Å². The summed E-state index contributed by atoms with van der Waals surface area (Å²) in [5.74, 6) is 0.891. The van der Waals surface area contributed by atoms with E-state index in [1.54, 1.807) is 0 Å². The molecule has 0 aromatic heterocycles. The third-order valence-corrected chi connectivity index (χ3v) is 10.7. The van der Waals surface area contributed by atoms with Gasteiger partial charge in [0.15, 0.2) is 0 Å². The number of benzene rings is 4. The fourth-order valence-electron chi connectivity index (χ4n) is 4.11. The zero-order valence-corrected chi connectivity index (χ0v) is 21.3. The van der Waals surface area contributed by atoms with Crippen molar-refractivity contribution in [1.29, 1.82) is 0 Å². The second-order valence-corrected chi connectivity index (χ2v) is 13.2. The normalized spacial score (nSPS) is 11.9. The molecule has 0 aliphatic carbocycles. The van der Waals surface area contributed by atoms with Crippen LogP contribution in [0.2, 0.25) is 0 Å². The lowest BCUT2D eigenvalue weighted by Gasteiger charge is -2.29. The van der Waals surface area contributed by atoms with Crippen molar-refractivity contribution in [2.24, 2.45) is 0 Å². The van der Waals surface area contributed by atoms with Crippen molar-refractivity contribution < 1.29 is 4.74 Å². The van der Waals surface area contributed by atoms with Gasteiger partial charge in [-0.25, -0.2) is 0 Å². The van der Waals surface area contributed by atoms with Crippen molar-refractivity contribution >= 4 is 39.1 Å². The minimum absolute atomic E-state index is 0.258. The number of hydrogen-bond acceptors (Lipinski definition) is 1. The maximum Gasteiger partial charge on any atom is 0.134 e. The van der Waals surface area contributed by atoms with Crippen LogP contribution < -0.4 is 20.7 Å². The zero-order chi connectivity index (χ0) is 22.6. The van der Waals surface area contributed by atoms with Crippen LogP contribution in [0.4, 0.5) is 0 Å². The Morgan fingerprint density at radius 1 is 0.625 bits per heavy atom. The highest BCUT2D eigenvalue weighted by Gasteiger charge is 2.45. The molecule has 0 unspecified atom stereocenters. The minimum Gasteiger partial charge on any atom is -0.487 e. The van der Waals surface area contributed by atoms with Crippen LogP contribution in [0.15, 0.2) is 114 Å². The highest BCUT2D eigenvalue weighted by atomic mass is 79.9. The molecule has 1 nitrogen and oxygen atoms in total. The molecule has 162 valence electrons. The fourth-order valence-corrected chi connectivity index (χ4v) is 9.07. The van der Waals surface area contributed by atoms with Crippen LogP contribution in [0.1, 0.15) is 26.3 Å². The molecule has 32 heavy (non-hydrogen) atoms. The van der Waals surface area contributed by atoms with E-state index in [-0.39, 0.29) is 5.60 Å². The summed E-state index contributed by atoms with van der Waals surface area (Å²) in [4.78, 5) is 0. The van der Waals surface area contributed by atoms with Gasteiger partial charge in [-0.2, -0.15) is 0 Å². The van der Waals surface area contributed by atoms with Crippen molar-refractivity contribution in [3.63, 3.8) is 0 Å². The molecular weight excluding hydrogens is 475 g/mol. The topological polar surface area (TPSA) is 9.23 Å². The van der Waals surface area contributed by atoms with Gasteiger partial charge >= 0.3 is 0 Å². The maximum absolute atomic E-state index is 6.27. The first kappa shape index (κ1) is 22.8. The van der Waals surface area contributed by atoms with Gasteiger partial charge in [-0.05, 0) is 79.2 Å². The first-order chi connectivity index (χ1) is 15.4. The van der Waals surface area contributed by atoms with Crippen LogP contribution in [-0.2, 0) is 6.16 Å². The molecule has 4 rings (SSSR count). The Hall–Kier alpha value is -2.41. The molecule has 3 heteroatoms. The third-order valence-electron chi connectivity index (χ3n) is 5.46. The largest absolute Gasteiger partial charge is 0.487 e. The molecule has 0 amide bonds. The molecule has 0 saturated heterocycles. The monoisotopic (exact) mass is 503 g/mol. The van der Waals surface area contributed by atoms with E-state index in [9.17, 15) is 0 Å². The molecular formula is C29H29BrOP+. The van der Waals surface area contributed by atoms with Crippen LogP contribution in [0.3, 0.4) is 0 Å². The molecule has 0 heterocycles. The Balaban J connectivity index is 1.95. The summed E-state index contributed by atoms with van der Waals surface area (Å²) in [6.45, 7) is 6.25. The summed E-state index contributed by atoms with van der Waals surface area (Å²) in [5, 5.41) is 4.14. The highest BCUT2D eigenvalue weighted by Crippen LogP contribution is 2.59. The van der Waals surface area contributed by atoms with Crippen LogP contribution in [0.25, 0.3) is 0 Å². The average molecular weight is 504 g/mol. The Bertz CT molecular complexity index is 1060. The first-order valence-electron chi connectivity index (χ1n) is 10.9. The lowest BCUT2D eigenvalue weighted by atomic mass is 10.2. The van der Waals surface area contributed by atoms with E-state index in [1.165, 1.54) is 21.5 Å². The first-order valence-corrected chi connectivity index (χ1v) is 13.7. The molecule has 0 saturated carbocycles. The standard InChI is InChI=1S/C29H29BrOP/c1-29(2,3)31-27-21-13-14-23(28(27)30)22-32(24-15-7-4-8-16-24,25-17-9-5-10-18-25)26-19-11-6-12-20-26/h4-21H,22H2,1-3H3/q+1. The lowest BCUT2D eigenvalue weighted by Crippen LogP contribution is -2.32. The van der Waals surface area contributed by atoms with Gasteiger partial charge in [-0.3, -0.25) is 0 Å². The third kappa shape index (κ3) is 4.82. The maximum atomic E-state index is 6.27. The van der Waals surface area contributed by atoms with Crippen molar-refractivity contribution in [2.45, 2.75) is 32.5 Å². The smallest absolute Gasteiger partial charge is 0.134 e. The van der Waals surface area contributed by atoms with Gasteiger partial charge in [0.1, 0.15) is 34.5 Å². The Morgan fingerprint density at radius 2 is 1.06 bits per heavy atom. The number of rotatable bonds is 6. The molecule has 0 aliphatic heterocycles. The van der Waals surface area contributed by atoms with Crippen molar-refractivity contribution in [3.05, 3.63) is 119 Å². The summed E-state index contributed by atoms with van der Waals surface area (Å²) in [5.41, 5.74) is 1.00. The van der Waals surface area contributed by atoms with E-state index >= 15 is 0 Å². The molecule has 0 radical (unpaired) electrons. The predicted molar refractivity (Wildman–Crippen MR) is 143 cm³/mol. The van der Waals surface area contributed by atoms with E-state index < -0.39 is 7.26 Å². The second-order valence-electron chi connectivity index (χ2n) is 8.92. The Morgan fingerprint density at radius 3 is 1.47 bits per heavy atom. The van der Waals surface area contributed by atoms with E-state index in [4.69, 9.17) is 4.74 Å². The molecule has 0 N–H and O–H groups in total. The van der Waals surface area contributed by atoms with Crippen LogP contribution in [-0.4, -0.2) is 5.60 Å². The van der Waals surface area contributed by atoms with Crippen LogP contribution >= 0.6 is 23.2 Å². The molecule has 0 bridgehead atoms. The summed E-state index contributed by atoms with van der Waals surface area (Å²) < 4.78 is 7.31. The fraction of sp³-hybridized carbons (Fsp3) is 0.172. The molecule has 0 atom stereocenters. The van der Waals surface area contributed by atoms with Gasteiger partial charge in [0.25, 0.3) is 0 Å². The van der Waals surface area contributed by atoms with Crippen molar-refractivity contribution in [2.75, 3.05) is 0 Å². The predicted octanol–water partition coefficient (Wildman–Crippen LogP) is 7.12. The molecule has 0 spiro atoms. The number of halogens is 1. The Labute approximate surface area is 200 Å². The summed E-state index contributed by atoms with van der Waals surface area (Å²) in [6, 6.07) is 39.4. The van der Waals surface area contributed by atoms with E-state index in [1.807, 2.05) is 6.07 Å². The summed E-state index contributed by atoms with van der Waals surface area (Å²) >= 11 is 3.90. The zero-order valence-electron chi connectivity index (χ0n) is 18.8. The van der Waals surface area contributed by atoms with Crippen molar-refractivity contribution in [3.8, 4) is 5.75 Å². The second kappa shape index (κ2) is 9.61. The average Bonchev–Trinajstić information content (AvgIpc) is 2.81. The minimum atomic E-state index is -1.96. The Kier molecular flexibility index (Phi) is 6.84. The van der Waals surface area contributed by atoms with Gasteiger partial charge < -0.3 is 4.74 Å². The van der Waals surface area contributed by atoms with Gasteiger partial charge in [-0.15, -0.1) is 0 Å². The van der Waals surface area contributed by atoms with E-state index in [2.05, 4.69) is 140 Å². The highest BCUT2D eigenvalue weighted by molar-refractivity contribution is 9.10. The number of hydrogen-bond donors (Lipinski definition) is 0. The molecule has 4 aromatic carbocycles.